The van der Waals surface area contributed by atoms with Crippen molar-refractivity contribution in [3.05, 3.63) is 23.3 Å². The molecule has 0 saturated heterocycles. The van der Waals surface area contributed by atoms with Gasteiger partial charge in [0.2, 0.25) is 0 Å². The molecule has 0 bridgehead atoms. The van der Waals surface area contributed by atoms with E-state index >= 15 is 0 Å². The molecule has 1 N–H and O–H groups in total. The maximum atomic E-state index is 9.42. The van der Waals surface area contributed by atoms with Gasteiger partial charge in [-0.25, -0.2) is 0 Å². The summed E-state index contributed by atoms with van der Waals surface area (Å²) in [6, 6.07) is 0. The Bertz CT molecular complexity index is 674. The summed E-state index contributed by atoms with van der Waals surface area (Å²) in [7, 11) is 0. The highest BCUT2D eigenvalue weighted by Gasteiger charge is 2.55. The van der Waals surface area contributed by atoms with Crippen LogP contribution in [0.15, 0.2) is 23.3 Å². The Balaban J connectivity index is 1.49. The number of aliphatic hydroxyl groups is 1. The van der Waals surface area contributed by atoms with E-state index in [2.05, 4.69) is 34.3 Å². The van der Waals surface area contributed by atoms with Gasteiger partial charge in [0, 0.05) is 6.61 Å². The van der Waals surface area contributed by atoms with Gasteiger partial charge < -0.3 is 5.11 Å². The Labute approximate surface area is 186 Å². The van der Waals surface area contributed by atoms with Crippen molar-refractivity contribution in [3.63, 3.8) is 0 Å². The molecular weight excluding hydrogens is 364 g/mol. The molecule has 0 aromatic carbocycles. The summed E-state index contributed by atoms with van der Waals surface area (Å²) in [5.41, 5.74) is 6.26. The molecule has 0 aromatic heterocycles. The first-order valence-corrected chi connectivity index (χ1v) is 13.3. The van der Waals surface area contributed by atoms with Crippen LogP contribution in [-0.4, -0.2) is 11.7 Å². The smallest absolute Gasteiger partial charge is 0.0436 e. The van der Waals surface area contributed by atoms with Gasteiger partial charge in [0.05, 0.1) is 0 Å². The summed E-state index contributed by atoms with van der Waals surface area (Å²) < 4.78 is 0. The van der Waals surface area contributed by atoms with Crippen LogP contribution in [0.1, 0.15) is 111 Å². The van der Waals surface area contributed by atoms with E-state index in [9.17, 15) is 5.11 Å². The Morgan fingerprint density at radius 2 is 1.83 bits per heavy atom. The molecule has 30 heavy (non-hydrogen) atoms. The second-order valence-electron chi connectivity index (χ2n) is 12.3. The minimum Gasteiger partial charge on any atom is -0.396 e. The molecule has 0 radical (unpaired) electrons. The summed E-state index contributed by atoms with van der Waals surface area (Å²) in [6.45, 7) is 14.5. The van der Waals surface area contributed by atoms with E-state index in [0.717, 1.165) is 30.1 Å². The number of hydrogen-bond donors (Lipinski definition) is 1. The third-order valence-corrected chi connectivity index (χ3v) is 10.8. The minimum absolute atomic E-state index is 0.297. The molecule has 2 saturated carbocycles. The fraction of sp³-hybridized carbons (Fsp3) is 0.862. The standard InChI is InChI=1S/C29H48O/c1-20(2)22(16-19-30)10-9-21(3)25-13-14-26-24-12-11-23-8-6-7-17-28(23,4)27(24)15-18-29(25,26)5/h21-23,25-26,30H,1,6-19H2,2-5H3/t21-,22+,23?,25-,26+,28+,29-/m1/s1. The molecule has 2 fully saturated rings. The quantitative estimate of drug-likeness (QED) is 0.419. The fourth-order valence-electron chi connectivity index (χ4n) is 8.93. The zero-order valence-electron chi connectivity index (χ0n) is 20.4. The van der Waals surface area contributed by atoms with Crippen molar-refractivity contribution in [2.45, 2.75) is 111 Å². The van der Waals surface area contributed by atoms with E-state index in [1.807, 2.05) is 11.1 Å². The van der Waals surface area contributed by atoms with Crippen LogP contribution in [0.3, 0.4) is 0 Å². The highest BCUT2D eigenvalue weighted by Crippen LogP contribution is 2.66. The van der Waals surface area contributed by atoms with Crippen molar-refractivity contribution in [2.24, 2.45) is 40.4 Å². The summed E-state index contributed by atoms with van der Waals surface area (Å²) in [5.74, 6) is 4.04. The average Bonchev–Trinajstić information content (AvgIpc) is 3.07. The van der Waals surface area contributed by atoms with E-state index in [-0.39, 0.29) is 0 Å². The molecule has 0 spiro atoms. The second-order valence-corrected chi connectivity index (χ2v) is 12.3. The Kier molecular flexibility index (Phi) is 6.61. The topological polar surface area (TPSA) is 20.2 Å². The van der Waals surface area contributed by atoms with Crippen LogP contribution >= 0.6 is 0 Å². The van der Waals surface area contributed by atoms with Gasteiger partial charge in [-0.3, -0.25) is 0 Å². The molecule has 4 aliphatic rings. The molecule has 170 valence electrons. The van der Waals surface area contributed by atoms with Crippen LogP contribution in [0.4, 0.5) is 0 Å². The number of rotatable bonds is 7. The maximum Gasteiger partial charge on any atom is 0.0436 e. The van der Waals surface area contributed by atoms with Crippen molar-refractivity contribution < 1.29 is 5.11 Å². The summed E-state index contributed by atoms with van der Waals surface area (Å²) in [6.07, 6.45) is 17.9. The molecule has 4 rings (SSSR count). The minimum atomic E-state index is 0.297. The monoisotopic (exact) mass is 412 g/mol. The van der Waals surface area contributed by atoms with E-state index in [1.165, 1.54) is 82.6 Å². The van der Waals surface area contributed by atoms with Crippen LogP contribution in [0, 0.1) is 40.4 Å². The number of aliphatic hydroxyl groups excluding tert-OH is 1. The third kappa shape index (κ3) is 3.76. The molecular formula is C29H48O. The van der Waals surface area contributed by atoms with Crippen molar-refractivity contribution in [1.82, 2.24) is 0 Å². The molecule has 1 unspecified atom stereocenters. The van der Waals surface area contributed by atoms with E-state index in [4.69, 9.17) is 0 Å². The Morgan fingerprint density at radius 1 is 1.03 bits per heavy atom. The molecule has 0 heterocycles. The normalized spacial score (nSPS) is 40.4. The predicted octanol–water partition coefficient (Wildman–Crippen LogP) is 8.09. The zero-order chi connectivity index (χ0) is 21.5. The number of fused-ring (bicyclic) bond motifs is 4. The van der Waals surface area contributed by atoms with Gasteiger partial charge in [0.1, 0.15) is 0 Å². The van der Waals surface area contributed by atoms with Crippen LogP contribution in [0.25, 0.3) is 0 Å². The Hall–Kier alpha value is -0.560. The molecule has 1 heteroatoms. The highest BCUT2D eigenvalue weighted by molar-refractivity contribution is 5.34. The molecule has 0 amide bonds. The first-order chi connectivity index (χ1) is 14.3. The third-order valence-electron chi connectivity index (χ3n) is 10.8. The fourth-order valence-corrected chi connectivity index (χ4v) is 8.93. The van der Waals surface area contributed by atoms with Gasteiger partial charge in [0.15, 0.2) is 0 Å². The van der Waals surface area contributed by atoms with Crippen LogP contribution < -0.4 is 0 Å². The highest BCUT2D eigenvalue weighted by atomic mass is 16.3. The first kappa shape index (κ1) is 22.6. The lowest BCUT2D eigenvalue weighted by atomic mass is 9.50. The molecule has 0 aliphatic heterocycles. The lowest BCUT2D eigenvalue weighted by Gasteiger charge is -2.54. The zero-order valence-corrected chi connectivity index (χ0v) is 20.4. The molecule has 7 atom stereocenters. The van der Waals surface area contributed by atoms with Gasteiger partial charge >= 0.3 is 0 Å². The van der Waals surface area contributed by atoms with Gasteiger partial charge in [-0.2, -0.15) is 0 Å². The second kappa shape index (κ2) is 8.76. The molecule has 1 nitrogen and oxygen atoms in total. The van der Waals surface area contributed by atoms with Crippen LogP contribution in [0.5, 0.6) is 0 Å². The SMILES string of the molecule is C=C(C)[C@H](CCO)CC[C@@H](C)[C@H]1CC[C@H]2C3=C(CC[C@]12C)[C@@]1(C)CCCCC1CC3. The molecule has 0 aromatic rings. The van der Waals surface area contributed by atoms with E-state index in [0.29, 0.717) is 23.4 Å². The van der Waals surface area contributed by atoms with Crippen LogP contribution in [-0.2, 0) is 0 Å². The van der Waals surface area contributed by atoms with Crippen LogP contribution in [0.2, 0.25) is 0 Å². The van der Waals surface area contributed by atoms with Crippen molar-refractivity contribution in [2.75, 3.05) is 6.61 Å². The average molecular weight is 413 g/mol. The van der Waals surface area contributed by atoms with E-state index < -0.39 is 0 Å². The van der Waals surface area contributed by atoms with Crippen molar-refractivity contribution in [3.8, 4) is 0 Å². The van der Waals surface area contributed by atoms with Gasteiger partial charge in [-0.15, -0.1) is 0 Å². The lowest BCUT2D eigenvalue weighted by molar-refractivity contribution is 0.0653. The van der Waals surface area contributed by atoms with Gasteiger partial charge in [-0.1, -0.05) is 56.9 Å². The Morgan fingerprint density at radius 3 is 2.57 bits per heavy atom. The largest absolute Gasteiger partial charge is 0.396 e. The number of hydrogen-bond acceptors (Lipinski definition) is 1. The number of allylic oxidation sites excluding steroid dienone is 3. The first-order valence-electron chi connectivity index (χ1n) is 13.3. The van der Waals surface area contributed by atoms with Gasteiger partial charge in [-0.05, 0) is 118 Å². The summed E-state index contributed by atoms with van der Waals surface area (Å²) in [5, 5.41) is 9.42. The maximum absolute atomic E-state index is 9.42. The summed E-state index contributed by atoms with van der Waals surface area (Å²) in [4.78, 5) is 0. The van der Waals surface area contributed by atoms with Gasteiger partial charge in [0.25, 0.3) is 0 Å². The van der Waals surface area contributed by atoms with Crippen molar-refractivity contribution in [1.29, 1.82) is 0 Å². The van der Waals surface area contributed by atoms with E-state index in [1.54, 1.807) is 0 Å². The summed E-state index contributed by atoms with van der Waals surface area (Å²) >= 11 is 0. The predicted molar refractivity (Wildman–Crippen MR) is 128 cm³/mol. The van der Waals surface area contributed by atoms with Crippen molar-refractivity contribution >= 4 is 0 Å². The lowest BCUT2D eigenvalue weighted by Crippen LogP contribution is -2.43. The molecule has 4 aliphatic carbocycles.